The number of rotatable bonds is 1. The molecule has 0 spiro atoms. The van der Waals surface area contributed by atoms with Crippen molar-refractivity contribution in [3.05, 3.63) is 53.3 Å². The van der Waals surface area contributed by atoms with Crippen molar-refractivity contribution in [3.63, 3.8) is 0 Å². The Balaban J connectivity index is 2.50. The first-order chi connectivity index (χ1) is 7.29. The number of pyridine rings is 1. The van der Waals surface area contributed by atoms with Crippen LogP contribution in [-0.4, -0.2) is 4.98 Å². The maximum absolute atomic E-state index is 8.77. The van der Waals surface area contributed by atoms with E-state index in [0.717, 1.165) is 11.1 Å². The highest BCUT2D eigenvalue weighted by Crippen LogP contribution is 2.21. The van der Waals surface area contributed by atoms with Crippen LogP contribution < -0.4 is 0 Å². The molecule has 2 nitrogen and oxygen atoms in total. The SMILES string of the molecule is N#Cc1cccc(-c2cncc(Cl)c2)c1. The van der Waals surface area contributed by atoms with Crippen molar-refractivity contribution >= 4 is 11.6 Å². The van der Waals surface area contributed by atoms with Gasteiger partial charge in [0.2, 0.25) is 0 Å². The van der Waals surface area contributed by atoms with E-state index in [0.29, 0.717) is 10.6 Å². The van der Waals surface area contributed by atoms with Crippen LogP contribution >= 0.6 is 11.6 Å². The first-order valence-electron chi connectivity index (χ1n) is 4.41. The Kier molecular flexibility index (Phi) is 2.66. The first-order valence-corrected chi connectivity index (χ1v) is 4.78. The summed E-state index contributed by atoms with van der Waals surface area (Å²) >= 11 is 5.84. The van der Waals surface area contributed by atoms with Crippen molar-refractivity contribution in [2.75, 3.05) is 0 Å². The summed E-state index contributed by atoms with van der Waals surface area (Å²) in [5, 5.41) is 9.36. The average Bonchev–Trinajstić information content (AvgIpc) is 2.29. The highest BCUT2D eigenvalue weighted by atomic mass is 35.5. The van der Waals surface area contributed by atoms with E-state index in [1.807, 2.05) is 24.3 Å². The molecule has 0 aliphatic carbocycles. The third-order valence-electron chi connectivity index (χ3n) is 2.03. The standard InChI is InChI=1S/C12H7ClN2/c13-12-5-11(7-15-8-12)10-3-1-2-9(4-10)6-14/h1-5,7-8H. The summed E-state index contributed by atoms with van der Waals surface area (Å²) < 4.78 is 0. The predicted octanol–water partition coefficient (Wildman–Crippen LogP) is 3.27. The third kappa shape index (κ3) is 2.15. The number of nitrogens with zero attached hydrogens (tertiary/aromatic N) is 2. The summed E-state index contributed by atoms with van der Waals surface area (Å²) in [5.74, 6) is 0. The van der Waals surface area contributed by atoms with E-state index in [4.69, 9.17) is 16.9 Å². The molecule has 0 saturated carbocycles. The second-order valence-corrected chi connectivity index (χ2v) is 3.52. The van der Waals surface area contributed by atoms with E-state index in [1.54, 1.807) is 18.5 Å². The van der Waals surface area contributed by atoms with E-state index in [2.05, 4.69) is 11.1 Å². The van der Waals surface area contributed by atoms with E-state index in [9.17, 15) is 0 Å². The number of hydrogen-bond donors (Lipinski definition) is 0. The van der Waals surface area contributed by atoms with Gasteiger partial charge in [0.15, 0.2) is 0 Å². The van der Waals surface area contributed by atoms with Crippen LogP contribution in [0.3, 0.4) is 0 Å². The fourth-order valence-corrected chi connectivity index (χ4v) is 1.51. The van der Waals surface area contributed by atoms with Gasteiger partial charge in [-0.2, -0.15) is 5.26 Å². The molecule has 3 heteroatoms. The molecule has 0 bridgehead atoms. The highest BCUT2D eigenvalue weighted by molar-refractivity contribution is 6.30. The average molecular weight is 215 g/mol. The Morgan fingerprint density at radius 2 is 2.00 bits per heavy atom. The minimum absolute atomic E-state index is 0.592. The zero-order valence-corrected chi connectivity index (χ0v) is 8.57. The highest BCUT2D eigenvalue weighted by Gasteiger charge is 1.99. The summed E-state index contributed by atoms with van der Waals surface area (Å²) in [6.45, 7) is 0. The van der Waals surface area contributed by atoms with Crippen molar-refractivity contribution in [1.29, 1.82) is 5.26 Å². The van der Waals surface area contributed by atoms with E-state index in [1.165, 1.54) is 0 Å². The fraction of sp³-hybridized carbons (Fsp3) is 0. The Morgan fingerprint density at radius 3 is 2.73 bits per heavy atom. The molecule has 2 rings (SSSR count). The van der Waals surface area contributed by atoms with Crippen LogP contribution in [0, 0.1) is 11.3 Å². The van der Waals surface area contributed by atoms with Crippen LogP contribution in [0.1, 0.15) is 5.56 Å². The van der Waals surface area contributed by atoms with Gasteiger partial charge in [-0.15, -0.1) is 0 Å². The van der Waals surface area contributed by atoms with Gasteiger partial charge in [0.1, 0.15) is 0 Å². The lowest BCUT2D eigenvalue weighted by atomic mass is 10.1. The van der Waals surface area contributed by atoms with Crippen LogP contribution in [0.4, 0.5) is 0 Å². The van der Waals surface area contributed by atoms with Crippen LogP contribution in [0.2, 0.25) is 5.02 Å². The zero-order chi connectivity index (χ0) is 10.7. The Bertz CT molecular complexity index is 529. The molecule has 1 aromatic heterocycles. The van der Waals surface area contributed by atoms with Gasteiger partial charge in [-0.1, -0.05) is 23.7 Å². The molecule has 0 saturated heterocycles. The van der Waals surface area contributed by atoms with Crippen molar-refractivity contribution in [2.45, 2.75) is 0 Å². The van der Waals surface area contributed by atoms with Gasteiger partial charge >= 0.3 is 0 Å². The molecule has 0 N–H and O–H groups in total. The Hall–Kier alpha value is -1.85. The van der Waals surface area contributed by atoms with Crippen molar-refractivity contribution in [1.82, 2.24) is 4.98 Å². The molecule has 0 aliphatic rings. The molecular weight excluding hydrogens is 208 g/mol. The molecule has 1 aromatic carbocycles. The van der Waals surface area contributed by atoms with Gasteiger partial charge in [0.25, 0.3) is 0 Å². The van der Waals surface area contributed by atoms with Gasteiger partial charge in [-0.25, -0.2) is 0 Å². The van der Waals surface area contributed by atoms with Crippen molar-refractivity contribution in [2.24, 2.45) is 0 Å². The van der Waals surface area contributed by atoms with Gasteiger partial charge in [0, 0.05) is 18.0 Å². The third-order valence-corrected chi connectivity index (χ3v) is 2.24. The number of benzene rings is 1. The molecular formula is C12H7ClN2. The number of aromatic nitrogens is 1. The zero-order valence-electron chi connectivity index (χ0n) is 7.81. The summed E-state index contributed by atoms with van der Waals surface area (Å²) in [6.07, 6.45) is 3.31. The molecule has 0 aliphatic heterocycles. The number of nitriles is 1. The summed E-state index contributed by atoms with van der Waals surface area (Å²) in [6, 6.07) is 11.3. The number of halogens is 1. The molecule has 0 amide bonds. The van der Waals surface area contributed by atoms with Crippen LogP contribution in [0.25, 0.3) is 11.1 Å². The monoisotopic (exact) mass is 214 g/mol. The topological polar surface area (TPSA) is 36.7 Å². The molecule has 72 valence electrons. The summed E-state index contributed by atoms with van der Waals surface area (Å²) in [4.78, 5) is 4.00. The smallest absolute Gasteiger partial charge is 0.0991 e. The van der Waals surface area contributed by atoms with E-state index < -0.39 is 0 Å². The molecule has 15 heavy (non-hydrogen) atoms. The minimum Gasteiger partial charge on any atom is -0.263 e. The molecule has 2 aromatic rings. The maximum atomic E-state index is 8.77. The van der Waals surface area contributed by atoms with Crippen molar-refractivity contribution < 1.29 is 0 Å². The molecule has 1 heterocycles. The maximum Gasteiger partial charge on any atom is 0.0991 e. The minimum atomic E-state index is 0.592. The lowest BCUT2D eigenvalue weighted by Crippen LogP contribution is -1.81. The lowest BCUT2D eigenvalue weighted by molar-refractivity contribution is 1.33. The largest absolute Gasteiger partial charge is 0.263 e. The molecule has 0 fully saturated rings. The van der Waals surface area contributed by atoms with Gasteiger partial charge in [0.05, 0.1) is 16.7 Å². The first kappa shape index (κ1) is 9.70. The van der Waals surface area contributed by atoms with E-state index in [-0.39, 0.29) is 0 Å². The molecule has 0 radical (unpaired) electrons. The molecule has 0 atom stereocenters. The van der Waals surface area contributed by atoms with Crippen LogP contribution in [0.15, 0.2) is 42.7 Å². The van der Waals surface area contributed by atoms with Crippen molar-refractivity contribution in [3.8, 4) is 17.2 Å². The predicted molar refractivity (Wildman–Crippen MR) is 59.4 cm³/mol. The quantitative estimate of drug-likeness (QED) is 0.731. The van der Waals surface area contributed by atoms with Gasteiger partial charge in [-0.05, 0) is 23.8 Å². The number of hydrogen-bond acceptors (Lipinski definition) is 2. The van der Waals surface area contributed by atoms with Crippen LogP contribution in [0.5, 0.6) is 0 Å². The fourth-order valence-electron chi connectivity index (χ4n) is 1.34. The Morgan fingerprint density at radius 1 is 1.13 bits per heavy atom. The van der Waals surface area contributed by atoms with Gasteiger partial charge in [-0.3, -0.25) is 4.98 Å². The second kappa shape index (κ2) is 4.12. The van der Waals surface area contributed by atoms with E-state index >= 15 is 0 Å². The summed E-state index contributed by atoms with van der Waals surface area (Å²) in [5.41, 5.74) is 2.50. The second-order valence-electron chi connectivity index (χ2n) is 3.08. The Labute approximate surface area is 92.8 Å². The lowest BCUT2D eigenvalue weighted by Gasteiger charge is -2.01. The van der Waals surface area contributed by atoms with Crippen LogP contribution in [-0.2, 0) is 0 Å². The normalized spacial score (nSPS) is 9.60. The summed E-state index contributed by atoms with van der Waals surface area (Å²) in [7, 11) is 0. The molecule has 0 unspecified atom stereocenters. The van der Waals surface area contributed by atoms with Gasteiger partial charge < -0.3 is 0 Å².